The fourth-order valence-electron chi connectivity index (χ4n) is 2.07. The summed E-state index contributed by atoms with van der Waals surface area (Å²) in [4.78, 5) is 3.21. The molecule has 0 fully saturated rings. The number of anilines is 2. The van der Waals surface area contributed by atoms with Crippen LogP contribution >= 0.6 is 0 Å². The molecule has 0 bridgehead atoms. The van der Waals surface area contributed by atoms with Gasteiger partial charge in [-0.1, -0.05) is 0 Å². The highest BCUT2D eigenvalue weighted by Crippen LogP contribution is 2.34. The molecule has 1 aromatic heterocycles. The average Bonchev–Trinajstić information content (AvgIpc) is 2.47. The van der Waals surface area contributed by atoms with Crippen molar-refractivity contribution in [2.24, 2.45) is 0 Å². The molecule has 5 N–H and O–H groups in total. The summed E-state index contributed by atoms with van der Waals surface area (Å²) in [7, 11) is 0. The molecule has 1 heterocycles. The fraction of sp³-hybridized carbons (Fsp3) is 0.667. The number of nitrogens with zero attached hydrogens (tertiary/aromatic N) is 4. The van der Waals surface area contributed by atoms with Crippen molar-refractivity contribution in [1.29, 1.82) is 0 Å². The fourth-order valence-corrected chi connectivity index (χ4v) is 2.07. The molecule has 0 unspecified atom stereocenters. The minimum Gasteiger partial charge on any atom is -0.491 e. The predicted octanol–water partition coefficient (Wildman–Crippen LogP) is -2.24. The van der Waals surface area contributed by atoms with Crippen LogP contribution in [0.2, 0.25) is 0 Å². The first-order chi connectivity index (χ1) is 10.2. The van der Waals surface area contributed by atoms with Crippen molar-refractivity contribution in [3.8, 4) is 5.88 Å². The van der Waals surface area contributed by atoms with E-state index in [4.69, 9.17) is 20.4 Å². The summed E-state index contributed by atoms with van der Waals surface area (Å²) in [5.41, 5.74) is 0.766. The lowest BCUT2D eigenvalue weighted by Gasteiger charge is -2.30. The number of aliphatic hydroxyl groups is 4. The molecule has 9 nitrogen and oxygen atoms in total. The van der Waals surface area contributed by atoms with E-state index in [0.717, 1.165) is 0 Å². The van der Waals surface area contributed by atoms with Gasteiger partial charge in [0, 0.05) is 26.2 Å². The van der Waals surface area contributed by atoms with Crippen LogP contribution < -0.4 is 9.80 Å². The Hall–Kier alpha value is -1.68. The van der Waals surface area contributed by atoms with Crippen LogP contribution in [0.5, 0.6) is 5.88 Å². The van der Waals surface area contributed by atoms with E-state index in [1.54, 1.807) is 9.80 Å². The molecule has 1 rings (SSSR count). The van der Waals surface area contributed by atoms with Gasteiger partial charge in [-0.2, -0.15) is 5.10 Å². The summed E-state index contributed by atoms with van der Waals surface area (Å²) in [5.74, 6) is -0.338. The number of aliphatic hydroxyl groups excluding tert-OH is 4. The van der Waals surface area contributed by atoms with E-state index in [2.05, 4.69) is 10.2 Å². The van der Waals surface area contributed by atoms with Crippen molar-refractivity contribution in [1.82, 2.24) is 10.2 Å². The van der Waals surface area contributed by atoms with Crippen LogP contribution in [0.25, 0.3) is 0 Å². The van der Waals surface area contributed by atoms with Gasteiger partial charge < -0.3 is 35.3 Å². The highest BCUT2D eigenvalue weighted by atomic mass is 16.3. The zero-order chi connectivity index (χ0) is 15.7. The first kappa shape index (κ1) is 17.4. The largest absolute Gasteiger partial charge is 0.491 e. The lowest BCUT2D eigenvalue weighted by molar-refractivity contribution is 0.277. The van der Waals surface area contributed by atoms with Gasteiger partial charge in [0.1, 0.15) is 5.69 Å². The normalized spacial score (nSPS) is 10.7. The van der Waals surface area contributed by atoms with Crippen LogP contribution in [0, 0.1) is 0 Å². The Kier molecular flexibility index (Phi) is 7.69. The minimum absolute atomic E-state index is 0.136. The zero-order valence-electron chi connectivity index (χ0n) is 11.8. The third-order valence-corrected chi connectivity index (χ3v) is 2.92. The number of aromatic nitrogens is 2. The number of rotatable bonds is 10. The molecular weight excluding hydrogens is 280 g/mol. The summed E-state index contributed by atoms with van der Waals surface area (Å²) in [6, 6.07) is 0. The minimum atomic E-state index is -0.338. The van der Waals surface area contributed by atoms with Crippen LogP contribution in [-0.2, 0) is 0 Å². The van der Waals surface area contributed by atoms with Crippen LogP contribution in [0.1, 0.15) is 0 Å². The highest BCUT2D eigenvalue weighted by Gasteiger charge is 2.21. The predicted molar refractivity (Wildman–Crippen MR) is 76.5 cm³/mol. The van der Waals surface area contributed by atoms with Gasteiger partial charge in [-0.05, 0) is 0 Å². The van der Waals surface area contributed by atoms with Crippen LogP contribution in [0.15, 0.2) is 6.20 Å². The second-order valence-electron chi connectivity index (χ2n) is 4.27. The molecule has 0 saturated heterocycles. The van der Waals surface area contributed by atoms with Gasteiger partial charge in [0.05, 0.1) is 38.3 Å². The molecule has 0 aromatic carbocycles. The summed E-state index contributed by atoms with van der Waals surface area (Å²) < 4.78 is 0. The van der Waals surface area contributed by atoms with Gasteiger partial charge in [-0.3, -0.25) is 0 Å². The van der Waals surface area contributed by atoms with Gasteiger partial charge in [0.25, 0.3) is 5.88 Å². The second-order valence-corrected chi connectivity index (χ2v) is 4.27. The summed E-state index contributed by atoms with van der Waals surface area (Å²) >= 11 is 0. The third-order valence-electron chi connectivity index (χ3n) is 2.92. The maximum absolute atomic E-state index is 9.97. The van der Waals surface area contributed by atoms with E-state index in [1.807, 2.05) is 0 Å². The second kappa shape index (κ2) is 9.29. The highest BCUT2D eigenvalue weighted by molar-refractivity contribution is 5.74. The lowest BCUT2D eigenvalue weighted by Crippen LogP contribution is -2.35. The first-order valence-electron chi connectivity index (χ1n) is 6.67. The monoisotopic (exact) mass is 302 g/mol. The Morgan fingerprint density at radius 1 is 0.810 bits per heavy atom. The van der Waals surface area contributed by atoms with Crippen LogP contribution in [-0.4, -0.2) is 88.3 Å². The summed E-state index contributed by atoms with van der Waals surface area (Å²) in [5, 5.41) is 53.7. The van der Waals surface area contributed by atoms with Gasteiger partial charge in [0.2, 0.25) is 0 Å². The maximum atomic E-state index is 9.97. The molecule has 120 valence electrons. The average molecular weight is 302 g/mol. The van der Waals surface area contributed by atoms with Gasteiger partial charge in [-0.25, -0.2) is 0 Å². The topological polar surface area (TPSA) is 133 Å². The van der Waals surface area contributed by atoms with Crippen molar-refractivity contribution in [2.45, 2.75) is 0 Å². The molecular formula is C12H22N4O5. The summed E-state index contributed by atoms with van der Waals surface area (Å²) in [6.07, 6.45) is 1.40. The third kappa shape index (κ3) is 4.67. The van der Waals surface area contributed by atoms with E-state index in [1.165, 1.54) is 6.20 Å². The van der Waals surface area contributed by atoms with E-state index in [9.17, 15) is 5.11 Å². The van der Waals surface area contributed by atoms with Crippen molar-refractivity contribution < 1.29 is 25.5 Å². The molecule has 0 atom stereocenters. The molecule has 0 aliphatic heterocycles. The van der Waals surface area contributed by atoms with Crippen LogP contribution in [0.3, 0.4) is 0 Å². The Labute approximate surface area is 122 Å². The van der Waals surface area contributed by atoms with E-state index < -0.39 is 0 Å². The number of aromatic hydroxyl groups is 1. The first-order valence-corrected chi connectivity index (χ1v) is 6.67. The van der Waals surface area contributed by atoms with Crippen LogP contribution in [0.4, 0.5) is 11.4 Å². The molecule has 21 heavy (non-hydrogen) atoms. The SMILES string of the molecule is OCCN(CCO)c1cnnc(O)c1N(CCO)CCO. The van der Waals surface area contributed by atoms with E-state index in [-0.39, 0.29) is 58.5 Å². The number of hydrogen-bond acceptors (Lipinski definition) is 9. The molecule has 0 amide bonds. The smallest absolute Gasteiger partial charge is 0.257 e. The van der Waals surface area contributed by atoms with Crippen molar-refractivity contribution >= 4 is 11.4 Å². The maximum Gasteiger partial charge on any atom is 0.257 e. The molecule has 0 aliphatic rings. The van der Waals surface area contributed by atoms with Gasteiger partial charge >= 0.3 is 0 Å². The van der Waals surface area contributed by atoms with Crippen molar-refractivity contribution in [3.05, 3.63) is 6.20 Å². The van der Waals surface area contributed by atoms with E-state index >= 15 is 0 Å². The molecule has 0 saturated carbocycles. The standard InChI is InChI=1S/C12H22N4O5/c17-5-1-15(2-6-18)10-9-13-14-12(21)11(10)16(3-7-19)4-8-20/h9,17-20H,1-8H2,(H,14,21). The Morgan fingerprint density at radius 3 is 1.76 bits per heavy atom. The van der Waals surface area contributed by atoms with E-state index in [0.29, 0.717) is 11.4 Å². The molecule has 9 heteroatoms. The van der Waals surface area contributed by atoms with Gasteiger partial charge in [-0.15, -0.1) is 5.10 Å². The molecule has 0 aliphatic carbocycles. The Morgan fingerprint density at radius 2 is 1.29 bits per heavy atom. The van der Waals surface area contributed by atoms with Gasteiger partial charge in [0.15, 0.2) is 0 Å². The van der Waals surface area contributed by atoms with Crippen molar-refractivity contribution in [3.63, 3.8) is 0 Å². The summed E-state index contributed by atoms with van der Waals surface area (Å²) in [6.45, 7) is 0.265. The molecule has 1 aromatic rings. The molecule has 0 radical (unpaired) electrons. The quantitative estimate of drug-likeness (QED) is 0.325. The Balaban J connectivity index is 3.20. The lowest BCUT2D eigenvalue weighted by atomic mass is 10.2. The Bertz CT molecular complexity index is 409. The molecule has 0 spiro atoms. The van der Waals surface area contributed by atoms with Crippen molar-refractivity contribution in [2.75, 3.05) is 62.4 Å². The zero-order valence-corrected chi connectivity index (χ0v) is 11.8. The number of hydrogen-bond donors (Lipinski definition) is 5.